The van der Waals surface area contributed by atoms with Gasteiger partial charge in [0.2, 0.25) is 0 Å². The van der Waals surface area contributed by atoms with Crippen LogP contribution in [0.25, 0.3) is 31.3 Å². The second kappa shape index (κ2) is 17.0. The minimum atomic E-state index is -0.161. The first-order valence-corrected chi connectivity index (χ1v) is 29.4. The summed E-state index contributed by atoms with van der Waals surface area (Å²) in [6, 6.07) is 62.3. The van der Waals surface area contributed by atoms with Crippen LogP contribution in [0.5, 0.6) is 0 Å². The van der Waals surface area contributed by atoms with Crippen LogP contribution in [0.3, 0.4) is 0 Å². The maximum absolute atomic E-state index is 2.92. The van der Waals surface area contributed by atoms with Crippen LogP contribution in [-0.2, 0) is 27.1 Å². The lowest BCUT2D eigenvalue weighted by atomic mass is 9.33. The number of benzene rings is 8. The van der Waals surface area contributed by atoms with Crippen LogP contribution < -0.4 is 31.1 Å². The molecule has 0 bridgehead atoms. The van der Waals surface area contributed by atoms with Gasteiger partial charge in [-0.2, -0.15) is 0 Å². The van der Waals surface area contributed by atoms with E-state index >= 15 is 0 Å². The summed E-state index contributed by atoms with van der Waals surface area (Å²) in [7, 11) is 0. The Bertz CT molecular complexity index is 3780. The molecular weight excluding hydrogens is 950 g/mol. The average molecular weight is 1030 g/mol. The fraction of sp³-hybridized carbons (Fsp3) is 0.333. The third-order valence-corrected chi connectivity index (χ3v) is 19.9. The predicted molar refractivity (Wildman–Crippen MR) is 336 cm³/mol. The van der Waals surface area contributed by atoms with Crippen LogP contribution in [0.2, 0.25) is 0 Å². The zero-order valence-electron chi connectivity index (χ0n) is 48.2. The van der Waals surface area contributed by atoms with E-state index in [-0.39, 0.29) is 39.3 Å². The van der Waals surface area contributed by atoms with Crippen molar-refractivity contribution in [3.8, 4) is 11.1 Å². The molecule has 8 aromatic carbocycles. The summed E-state index contributed by atoms with van der Waals surface area (Å²) < 4.78 is 2.65. The molecule has 4 heterocycles. The van der Waals surface area contributed by atoms with Crippen molar-refractivity contribution in [3.63, 3.8) is 0 Å². The molecular formula is C72H76BN3S. The van der Waals surface area contributed by atoms with Crippen molar-refractivity contribution in [2.24, 2.45) is 0 Å². The van der Waals surface area contributed by atoms with Gasteiger partial charge in [-0.1, -0.05) is 200 Å². The molecule has 388 valence electrons. The molecule has 2 atom stereocenters. The Morgan fingerprint density at radius 3 is 1.69 bits per heavy atom. The van der Waals surface area contributed by atoms with Crippen LogP contribution in [0, 0.1) is 0 Å². The van der Waals surface area contributed by atoms with Gasteiger partial charge in [0.1, 0.15) is 0 Å². The van der Waals surface area contributed by atoms with Crippen molar-refractivity contribution in [2.75, 3.05) is 14.7 Å². The van der Waals surface area contributed by atoms with E-state index in [1.165, 1.54) is 118 Å². The van der Waals surface area contributed by atoms with Gasteiger partial charge in [-0.15, -0.1) is 11.3 Å². The molecule has 1 aliphatic carbocycles. The highest BCUT2D eigenvalue weighted by molar-refractivity contribution is 7.26. The summed E-state index contributed by atoms with van der Waals surface area (Å²) in [5, 5.41) is 2.69. The fourth-order valence-electron chi connectivity index (χ4n) is 14.1. The number of hydrogen-bond donors (Lipinski definition) is 0. The molecule has 0 amide bonds. The minimum absolute atomic E-state index is 0.0115. The Kier molecular flexibility index (Phi) is 11.0. The van der Waals surface area contributed by atoms with Crippen LogP contribution in [0.15, 0.2) is 158 Å². The second-order valence-corrected chi connectivity index (χ2v) is 28.9. The second-order valence-electron chi connectivity index (χ2n) is 27.8. The molecule has 2 unspecified atom stereocenters. The molecule has 0 saturated heterocycles. The van der Waals surface area contributed by atoms with Crippen LogP contribution in [-0.4, -0.2) is 12.3 Å². The first-order chi connectivity index (χ1) is 36.4. The van der Waals surface area contributed by atoms with Gasteiger partial charge >= 0.3 is 0 Å². The first-order valence-electron chi connectivity index (χ1n) is 28.6. The maximum atomic E-state index is 2.92. The monoisotopic (exact) mass is 1030 g/mol. The third-order valence-electron chi connectivity index (χ3n) is 18.8. The molecule has 77 heavy (non-hydrogen) atoms. The zero-order chi connectivity index (χ0) is 53.9. The first kappa shape index (κ1) is 50.0. The number of thiophene rings is 1. The topological polar surface area (TPSA) is 9.72 Å². The van der Waals surface area contributed by atoms with Gasteiger partial charge in [0.15, 0.2) is 0 Å². The lowest BCUT2D eigenvalue weighted by Crippen LogP contribution is -2.64. The van der Waals surface area contributed by atoms with Crippen molar-refractivity contribution in [1.82, 2.24) is 0 Å². The summed E-state index contributed by atoms with van der Waals surface area (Å²) in [6.45, 7) is 33.5. The lowest BCUT2D eigenvalue weighted by Gasteiger charge is -2.53. The average Bonchev–Trinajstić information content (AvgIpc) is 4.12. The number of nitrogens with zero attached hydrogens (tertiary/aromatic N) is 3. The molecule has 5 heteroatoms. The Labute approximate surface area is 464 Å². The normalized spacial score (nSPS) is 18.9. The van der Waals surface area contributed by atoms with Gasteiger partial charge in [-0.3, -0.25) is 0 Å². The molecule has 1 aromatic heterocycles. The summed E-state index contributed by atoms with van der Waals surface area (Å²) in [5.41, 5.74) is 23.4. The predicted octanol–water partition coefficient (Wildman–Crippen LogP) is 18.7. The summed E-state index contributed by atoms with van der Waals surface area (Å²) in [4.78, 5) is 8.20. The van der Waals surface area contributed by atoms with Gasteiger partial charge in [0, 0.05) is 59.9 Å². The van der Waals surface area contributed by atoms with Crippen molar-refractivity contribution >= 4 is 100 Å². The summed E-state index contributed by atoms with van der Waals surface area (Å²) in [6.07, 6.45) is 4.76. The molecule has 4 aliphatic rings. The van der Waals surface area contributed by atoms with Gasteiger partial charge in [-0.05, 0) is 157 Å². The Morgan fingerprint density at radius 1 is 0.468 bits per heavy atom. The van der Waals surface area contributed by atoms with Crippen molar-refractivity contribution in [3.05, 3.63) is 186 Å². The third kappa shape index (κ3) is 7.63. The number of hydrogen-bond acceptors (Lipinski definition) is 4. The summed E-state index contributed by atoms with van der Waals surface area (Å²) >= 11 is 1.93. The largest absolute Gasteiger partial charge is 0.335 e. The highest BCUT2D eigenvalue weighted by Gasteiger charge is 2.62. The van der Waals surface area contributed by atoms with E-state index in [0.717, 1.165) is 23.5 Å². The Hall–Kier alpha value is -6.56. The lowest BCUT2D eigenvalue weighted by molar-refractivity contribution is 0.195. The molecule has 9 aromatic rings. The van der Waals surface area contributed by atoms with Crippen LogP contribution in [0.4, 0.5) is 45.5 Å². The Balaban J connectivity index is 1.20. The van der Waals surface area contributed by atoms with Crippen molar-refractivity contribution in [1.29, 1.82) is 0 Å². The van der Waals surface area contributed by atoms with Gasteiger partial charge in [-0.25, -0.2) is 0 Å². The number of rotatable bonds is 5. The van der Waals surface area contributed by atoms with Crippen molar-refractivity contribution in [2.45, 2.75) is 155 Å². The van der Waals surface area contributed by atoms with E-state index in [9.17, 15) is 0 Å². The van der Waals surface area contributed by atoms with Gasteiger partial charge in [0.05, 0.1) is 16.9 Å². The standard InChI is InChI=1S/C72H76BN3S/c1-67(2,3)46-26-31-50(32-27-46)74(51-33-28-47(29-34-51)68(4,5)6)52-41-61-65-62(42-52)76-66-56(71(13)36-20-21-37-72(71,76)14)39-49(70(10,11)12)40-58(66)73(65)57-43-55-53-24-18-19-25-63(53)77-64(55)44-60(57)75(61)59-35-30-48(69(7,8)9)38-54(59)45-22-16-15-17-23-45/h15-19,22-35,38-44H,20-21,36-37H2,1-14H3. The maximum Gasteiger partial charge on any atom is 0.252 e. The fourth-order valence-corrected chi connectivity index (χ4v) is 15.2. The van der Waals surface area contributed by atoms with E-state index in [1.54, 1.807) is 5.56 Å². The molecule has 1 fully saturated rings. The number of anilines is 8. The van der Waals surface area contributed by atoms with E-state index in [1.807, 2.05) is 11.3 Å². The van der Waals surface area contributed by atoms with Crippen molar-refractivity contribution < 1.29 is 0 Å². The molecule has 1 saturated carbocycles. The highest BCUT2D eigenvalue weighted by atomic mass is 32.1. The number of fused-ring (bicyclic) bond motifs is 10. The molecule has 0 spiro atoms. The van der Waals surface area contributed by atoms with Crippen LogP contribution in [0.1, 0.15) is 150 Å². The molecule has 3 nitrogen and oxygen atoms in total. The SMILES string of the molecule is CC(C)(C)c1ccc(N(c2ccc(C(C)(C)C)cc2)c2cc3c4c(c2)N2c5c(cc(C(C)(C)C)cc5C5(C)CCCCC25C)B4c2cc4c(cc2N3c2ccc(C(C)(C)C)cc2-c2ccccc2)sc2ccccc24)cc1. The van der Waals surface area contributed by atoms with Gasteiger partial charge < -0.3 is 14.7 Å². The minimum Gasteiger partial charge on any atom is -0.335 e. The molecule has 0 N–H and O–H groups in total. The molecule has 3 aliphatic heterocycles. The highest BCUT2D eigenvalue weighted by Crippen LogP contribution is 2.63. The van der Waals surface area contributed by atoms with E-state index in [4.69, 9.17) is 0 Å². The summed E-state index contributed by atoms with van der Waals surface area (Å²) in [5.74, 6) is 0. The van der Waals surface area contributed by atoms with Gasteiger partial charge in [0.25, 0.3) is 6.71 Å². The van der Waals surface area contributed by atoms with Crippen LogP contribution >= 0.6 is 11.3 Å². The quantitative estimate of drug-likeness (QED) is 0.159. The Morgan fingerprint density at radius 2 is 1.05 bits per heavy atom. The smallest absolute Gasteiger partial charge is 0.252 e. The van der Waals surface area contributed by atoms with E-state index < -0.39 is 0 Å². The zero-order valence-corrected chi connectivity index (χ0v) is 49.0. The van der Waals surface area contributed by atoms with E-state index in [0.29, 0.717) is 0 Å². The molecule has 0 radical (unpaired) electrons. The van der Waals surface area contributed by atoms with E-state index in [2.05, 4.69) is 269 Å². The molecule has 13 rings (SSSR count).